The highest BCUT2D eigenvalue weighted by Crippen LogP contribution is 2.27. The van der Waals surface area contributed by atoms with Crippen LogP contribution in [-0.4, -0.2) is 17.9 Å². The van der Waals surface area contributed by atoms with Crippen molar-refractivity contribution in [3.8, 4) is 0 Å². The molecule has 0 bridgehead atoms. The van der Waals surface area contributed by atoms with E-state index in [1.807, 2.05) is 0 Å². The normalized spacial score (nSPS) is 24.3. The van der Waals surface area contributed by atoms with Crippen molar-refractivity contribution in [2.75, 3.05) is 0 Å². The maximum absolute atomic E-state index is 12.5. The number of carbonyl (C=O) groups is 2. The molecular formula is C16H22ClN3O2. The van der Waals surface area contributed by atoms with Crippen LogP contribution in [0.1, 0.15) is 38.2 Å². The summed E-state index contributed by atoms with van der Waals surface area (Å²) in [6.07, 6.45) is 3.27. The summed E-state index contributed by atoms with van der Waals surface area (Å²) in [6, 6.07) is 6.83. The van der Waals surface area contributed by atoms with E-state index in [1.165, 1.54) is 0 Å². The van der Waals surface area contributed by atoms with E-state index in [0.717, 1.165) is 19.3 Å². The first-order valence-corrected chi connectivity index (χ1v) is 7.84. The fourth-order valence-corrected chi connectivity index (χ4v) is 3.08. The van der Waals surface area contributed by atoms with E-state index in [2.05, 4.69) is 5.32 Å². The van der Waals surface area contributed by atoms with Crippen LogP contribution in [0.3, 0.4) is 0 Å². The SMILES string of the molecule is CC(NC(=O)C1CCCC(N)C1)(C(N)=O)c1cccc(Cl)c1. The van der Waals surface area contributed by atoms with Crippen molar-refractivity contribution in [3.05, 3.63) is 34.9 Å². The first-order valence-electron chi connectivity index (χ1n) is 7.46. The van der Waals surface area contributed by atoms with Gasteiger partial charge in [0.15, 0.2) is 0 Å². The number of nitrogens with one attached hydrogen (secondary N) is 1. The van der Waals surface area contributed by atoms with Gasteiger partial charge in [0, 0.05) is 17.0 Å². The van der Waals surface area contributed by atoms with Gasteiger partial charge in [-0.05, 0) is 43.9 Å². The van der Waals surface area contributed by atoms with Gasteiger partial charge in [-0.3, -0.25) is 9.59 Å². The Labute approximate surface area is 135 Å². The van der Waals surface area contributed by atoms with Crippen molar-refractivity contribution < 1.29 is 9.59 Å². The Bertz CT molecular complexity index is 578. The zero-order chi connectivity index (χ0) is 16.3. The van der Waals surface area contributed by atoms with Gasteiger partial charge in [0.05, 0.1) is 0 Å². The molecule has 1 saturated carbocycles. The first kappa shape index (κ1) is 16.8. The van der Waals surface area contributed by atoms with Gasteiger partial charge in [0.2, 0.25) is 11.8 Å². The Morgan fingerprint density at radius 2 is 2.09 bits per heavy atom. The Morgan fingerprint density at radius 3 is 2.68 bits per heavy atom. The summed E-state index contributed by atoms with van der Waals surface area (Å²) in [5.41, 5.74) is 10.7. The second-order valence-electron chi connectivity index (χ2n) is 6.11. The van der Waals surface area contributed by atoms with Crippen LogP contribution in [0.15, 0.2) is 24.3 Å². The smallest absolute Gasteiger partial charge is 0.247 e. The van der Waals surface area contributed by atoms with E-state index in [0.29, 0.717) is 17.0 Å². The van der Waals surface area contributed by atoms with Crippen molar-refractivity contribution >= 4 is 23.4 Å². The number of primary amides is 1. The number of hydrogen-bond donors (Lipinski definition) is 3. The predicted molar refractivity (Wildman–Crippen MR) is 86.1 cm³/mol. The molecule has 3 atom stereocenters. The molecule has 0 saturated heterocycles. The van der Waals surface area contributed by atoms with Crippen LogP contribution in [0, 0.1) is 5.92 Å². The standard InChI is InChI=1S/C16H22ClN3O2/c1-16(15(19)22,11-5-3-6-12(17)9-11)20-14(21)10-4-2-7-13(18)8-10/h3,5-6,9-10,13H,2,4,7-8,18H2,1H3,(H2,19,22)(H,20,21). The molecule has 0 aliphatic heterocycles. The zero-order valence-electron chi connectivity index (χ0n) is 12.6. The van der Waals surface area contributed by atoms with Gasteiger partial charge in [-0.1, -0.05) is 30.2 Å². The summed E-state index contributed by atoms with van der Waals surface area (Å²) in [7, 11) is 0. The number of carbonyl (C=O) groups excluding carboxylic acids is 2. The van der Waals surface area contributed by atoms with Crippen LogP contribution in [0.2, 0.25) is 5.02 Å². The van der Waals surface area contributed by atoms with Gasteiger partial charge in [-0.25, -0.2) is 0 Å². The number of hydrogen-bond acceptors (Lipinski definition) is 3. The molecule has 1 aromatic rings. The molecule has 5 nitrogen and oxygen atoms in total. The molecule has 3 unspecified atom stereocenters. The maximum Gasteiger partial charge on any atom is 0.247 e. The van der Waals surface area contributed by atoms with E-state index in [4.69, 9.17) is 23.1 Å². The van der Waals surface area contributed by atoms with Crippen molar-refractivity contribution in [2.45, 2.75) is 44.2 Å². The molecule has 22 heavy (non-hydrogen) atoms. The molecule has 1 aliphatic rings. The highest BCUT2D eigenvalue weighted by Gasteiger charge is 2.37. The summed E-state index contributed by atoms with van der Waals surface area (Å²) >= 11 is 5.98. The molecule has 0 aromatic heterocycles. The molecule has 1 aromatic carbocycles. The Kier molecular flexibility index (Phi) is 5.08. The second-order valence-corrected chi connectivity index (χ2v) is 6.55. The van der Waals surface area contributed by atoms with Crippen LogP contribution in [0.4, 0.5) is 0 Å². The maximum atomic E-state index is 12.5. The zero-order valence-corrected chi connectivity index (χ0v) is 13.4. The summed E-state index contributed by atoms with van der Waals surface area (Å²) in [4.78, 5) is 24.5. The minimum absolute atomic E-state index is 0.0375. The number of nitrogens with two attached hydrogens (primary N) is 2. The fraction of sp³-hybridized carbons (Fsp3) is 0.500. The quantitative estimate of drug-likeness (QED) is 0.786. The van der Waals surface area contributed by atoms with Crippen LogP contribution in [0.25, 0.3) is 0 Å². The minimum Gasteiger partial charge on any atom is -0.367 e. The Morgan fingerprint density at radius 1 is 1.36 bits per heavy atom. The average molecular weight is 324 g/mol. The van der Waals surface area contributed by atoms with Crippen molar-refractivity contribution in [1.29, 1.82) is 0 Å². The van der Waals surface area contributed by atoms with Crippen molar-refractivity contribution in [3.63, 3.8) is 0 Å². The molecule has 0 radical (unpaired) electrons. The highest BCUT2D eigenvalue weighted by molar-refractivity contribution is 6.30. The molecule has 1 fully saturated rings. The summed E-state index contributed by atoms with van der Waals surface area (Å²) < 4.78 is 0. The number of rotatable bonds is 4. The van der Waals surface area contributed by atoms with Crippen molar-refractivity contribution in [2.24, 2.45) is 17.4 Å². The van der Waals surface area contributed by atoms with Crippen molar-refractivity contribution in [1.82, 2.24) is 5.32 Å². The Hall–Kier alpha value is -1.59. The van der Waals surface area contributed by atoms with Crippen LogP contribution in [-0.2, 0) is 15.1 Å². The third kappa shape index (κ3) is 3.59. The first-order chi connectivity index (χ1) is 10.3. The van der Waals surface area contributed by atoms with Gasteiger partial charge in [0.1, 0.15) is 5.54 Å². The molecule has 120 valence electrons. The lowest BCUT2D eigenvalue weighted by atomic mass is 9.84. The van der Waals surface area contributed by atoms with Gasteiger partial charge >= 0.3 is 0 Å². The lowest BCUT2D eigenvalue weighted by Crippen LogP contribution is -2.54. The van der Waals surface area contributed by atoms with E-state index < -0.39 is 11.4 Å². The highest BCUT2D eigenvalue weighted by atomic mass is 35.5. The van der Waals surface area contributed by atoms with Gasteiger partial charge < -0.3 is 16.8 Å². The molecule has 5 N–H and O–H groups in total. The average Bonchev–Trinajstić information content (AvgIpc) is 2.46. The predicted octanol–water partition coefficient (Wildman–Crippen LogP) is 1.67. The summed E-state index contributed by atoms with van der Waals surface area (Å²) in [6.45, 7) is 1.60. The number of halogens is 1. The molecule has 0 heterocycles. The van der Waals surface area contributed by atoms with Gasteiger partial charge in [-0.15, -0.1) is 0 Å². The van der Waals surface area contributed by atoms with Crippen LogP contribution < -0.4 is 16.8 Å². The molecule has 6 heteroatoms. The van der Waals surface area contributed by atoms with Gasteiger partial charge in [0.25, 0.3) is 0 Å². The van der Waals surface area contributed by atoms with E-state index in [1.54, 1.807) is 31.2 Å². The largest absolute Gasteiger partial charge is 0.367 e. The van der Waals surface area contributed by atoms with Gasteiger partial charge in [-0.2, -0.15) is 0 Å². The molecule has 2 rings (SSSR count). The second kappa shape index (κ2) is 6.67. The van der Waals surface area contributed by atoms with E-state index in [9.17, 15) is 9.59 Å². The lowest BCUT2D eigenvalue weighted by molar-refractivity contribution is -0.134. The molecule has 0 spiro atoms. The fourth-order valence-electron chi connectivity index (χ4n) is 2.89. The van der Waals surface area contributed by atoms with E-state index in [-0.39, 0.29) is 17.9 Å². The minimum atomic E-state index is -1.29. The molecule has 2 amide bonds. The number of amides is 2. The lowest BCUT2D eigenvalue weighted by Gasteiger charge is -2.32. The third-order valence-corrected chi connectivity index (χ3v) is 4.59. The summed E-state index contributed by atoms with van der Waals surface area (Å²) in [5, 5.41) is 3.28. The number of benzene rings is 1. The molecular weight excluding hydrogens is 302 g/mol. The third-order valence-electron chi connectivity index (χ3n) is 4.35. The van der Waals surface area contributed by atoms with Crippen LogP contribution in [0.5, 0.6) is 0 Å². The Balaban J connectivity index is 2.21. The van der Waals surface area contributed by atoms with E-state index >= 15 is 0 Å². The van der Waals surface area contributed by atoms with Crippen LogP contribution >= 0.6 is 11.6 Å². The summed E-state index contributed by atoms with van der Waals surface area (Å²) in [5.74, 6) is -0.985. The topological polar surface area (TPSA) is 98.2 Å². The molecule has 1 aliphatic carbocycles. The monoisotopic (exact) mass is 323 g/mol.